The predicted molar refractivity (Wildman–Crippen MR) is 111 cm³/mol. The molecule has 9 heteroatoms. The average molecular weight is 438 g/mol. The number of amides is 1. The smallest absolute Gasteiger partial charge is 0.295 e. The number of hydrazine groups is 1. The summed E-state index contributed by atoms with van der Waals surface area (Å²) in [6.45, 7) is 3.40. The van der Waals surface area contributed by atoms with Gasteiger partial charge >= 0.3 is 5.91 Å². The van der Waals surface area contributed by atoms with Crippen LogP contribution in [-0.4, -0.2) is 21.5 Å². The first kappa shape index (κ1) is 20.2. The van der Waals surface area contributed by atoms with Crippen molar-refractivity contribution < 1.29 is 9.59 Å². The summed E-state index contributed by atoms with van der Waals surface area (Å²) in [7, 11) is 0. The van der Waals surface area contributed by atoms with Crippen LogP contribution in [0.2, 0.25) is 15.1 Å². The van der Waals surface area contributed by atoms with Gasteiger partial charge in [-0.15, -0.1) is 0 Å². The van der Waals surface area contributed by atoms with Gasteiger partial charge in [0.15, 0.2) is 0 Å². The Morgan fingerprint density at radius 3 is 2.21 bits per heavy atom. The number of carbonyl (C=O) groups is 2. The zero-order chi connectivity index (χ0) is 20.4. The second-order valence-corrected chi connectivity index (χ2v) is 7.20. The van der Waals surface area contributed by atoms with Crippen molar-refractivity contribution in [1.29, 1.82) is 0 Å². The lowest BCUT2D eigenvalue weighted by atomic mass is 10.1. The largest absolute Gasteiger partial charge is 0.310 e. The van der Waals surface area contributed by atoms with E-state index in [-0.39, 0.29) is 21.3 Å². The number of ketones is 1. The minimum atomic E-state index is -0.874. The summed E-state index contributed by atoms with van der Waals surface area (Å²) in [6, 6.07) is 12.3. The number of hydrogen-bond acceptors (Lipinski definition) is 4. The molecule has 0 aliphatic rings. The summed E-state index contributed by atoms with van der Waals surface area (Å²) in [5, 5.41) is 5.13. The molecule has 144 valence electrons. The number of carbonyl (C=O) groups excluding carboxylic acids is 2. The number of para-hydroxylation sites is 1. The number of aromatic nitrogens is 2. The number of nitrogens with one attached hydrogen (secondary N) is 2. The molecule has 0 bridgehead atoms. The first-order chi connectivity index (χ1) is 13.3. The molecule has 0 spiro atoms. The molecule has 1 heterocycles. The van der Waals surface area contributed by atoms with Gasteiger partial charge in [-0.25, -0.2) is 4.68 Å². The molecule has 2 aromatic carbocycles. The van der Waals surface area contributed by atoms with Crippen molar-refractivity contribution in [2.24, 2.45) is 0 Å². The van der Waals surface area contributed by atoms with E-state index < -0.39 is 11.7 Å². The Hall–Kier alpha value is -2.54. The van der Waals surface area contributed by atoms with E-state index in [1.807, 2.05) is 30.3 Å². The van der Waals surface area contributed by atoms with E-state index >= 15 is 0 Å². The summed E-state index contributed by atoms with van der Waals surface area (Å²) >= 11 is 18.0. The molecule has 0 atom stereocenters. The van der Waals surface area contributed by atoms with E-state index in [1.54, 1.807) is 18.5 Å². The molecule has 0 saturated carbocycles. The third-order valence-electron chi connectivity index (χ3n) is 4.03. The molecule has 0 saturated heterocycles. The molecule has 0 fully saturated rings. The van der Waals surface area contributed by atoms with E-state index in [9.17, 15) is 9.59 Å². The number of anilines is 1. The summed E-state index contributed by atoms with van der Waals surface area (Å²) in [5.41, 5.74) is 7.15. The number of benzene rings is 2. The van der Waals surface area contributed by atoms with Crippen LogP contribution in [-0.2, 0) is 4.79 Å². The maximum absolute atomic E-state index is 12.7. The van der Waals surface area contributed by atoms with Gasteiger partial charge in [0, 0.05) is 5.02 Å². The molecule has 6 nitrogen and oxygen atoms in total. The maximum atomic E-state index is 12.7. The molecule has 1 aromatic heterocycles. The number of rotatable bonds is 5. The maximum Gasteiger partial charge on any atom is 0.310 e. The summed E-state index contributed by atoms with van der Waals surface area (Å²) in [4.78, 5) is 25.1. The zero-order valence-corrected chi connectivity index (χ0v) is 17.2. The van der Waals surface area contributed by atoms with Crippen LogP contribution >= 0.6 is 34.8 Å². The number of aryl methyl sites for hydroxylation is 1. The Kier molecular flexibility index (Phi) is 5.93. The number of halogens is 3. The molecule has 0 aliphatic carbocycles. The summed E-state index contributed by atoms with van der Waals surface area (Å²) < 4.78 is 1.62. The van der Waals surface area contributed by atoms with Gasteiger partial charge in [-0.3, -0.25) is 20.4 Å². The van der Waals surface area contributed by atoms with Gasteiger partial charge in [-0.05, 0) is 38.1 Å². The monoisotopic (exact) mass is 436 g/mol. The van der Waals surface area contributed by atoms with Crippen LogP contribution in [0.3, 0.4) is 0 Å². The molecule has 0 unspecified atom stereocenters. The number of hydrogen-bond donors (Lipinski definition) is 2. The van der Waals surface area contributed by atoms with Crippen LogP contribution in [0.5, 0.6) is 0 Å². The molecule has 1 amide bonds. The Labute approximate surface area is 176 Å². The van der Waals surface area contributed by atoms with Crippen LogP contribution in [0.1, 0.15) is 21.7 Å². The lowest BCUT2D eigenvalue weighted by Crippen LogP contribution is -2.36. The van der Waals surface area contributed by atoms with Crippen molar-refractivity contribution in [3.63, 3.8) is 0 Å². The van der Waals surface area contributed by atoms with Gasteiger partial charge in [0.05, 0.1) is 38.4 Å². The van der Waals surface area contributed by atoms with Crippen LogP contribution in [0.4, 0.5) is 5.69 Å². The van der Waals surface area contributed by atoms with E-state index in [0.29, 0.717) is 16.4 Å². The highest BCUT2D eigenvalue weighted by atomic mass is 35.5. The van der Waals surface area contributed by atoms with Crippen LogP contribution in [0.25, 0.3) is 5.69 Å². The first-order valence-corrected chi connectivity index (χ1v) is 9.30. The van der Waals surface area contributed by atoms with Crippen molar-refractivity contribution >= 4 is 52.2 Å². The van der Waals surface area contributed by atoms with Gasteiger partial charge in [0.25, 0.3) is 5.78 Å². The fourth-order valence-corrected chi connectivity index (χ4v) is 3.65. The molecule has 28 heavy (non-hydrogen) atoms. The standard InChI is InChI=1S/C19H15Cl3N4O2/c1-10-16(11(2)26(25-10)13-6-4-3-5-7-13)18(27)19(28)24-23-17-14(21)8-12(20)9-15(17)22/h3-9,23H,1-2H3,(H,24,28). The molecule has 0 aliphatic heterocycles. The van der Waals surface area contributed by atoms with E-state index in [1.165, 1.54) is 12.1 Å². The van der Waals surface area contributed by atoms with Gasteiger partial charge < -0.3 is 0 Å². The average Bonchev–Trinajstić information content (AvgIpc) is 2.95. The third kappa shape index (κ3) is 3.99. The summed E-state index contributed by atoms with van der Waals surface area (Å²) in [6.07, 6.45) is 0. The Balaban J connectivity index is 1.81. The zero-order valence-electron chi connectivity index (χ0n) is 14.9. The third-order valence-corrected chi connectivity index (χ3v) is 4.85. The lowest BCUT2D eigenvalue weighted by Gasteiger charge is -2.12. The minimum absolute atomic E-state index is 0.203. The molecule has 2 N–H and O–H groups in total. The predicted octanol–water partition coefficient (Wildman–Crippen LogP) is 4.78. The second kappa shape index (κ2) is 8.22. The first-order valence-electron chi connectivity index (χ1n) is 8.16. The van der Waals surface area contributed by atoms with Crippen LogP contribution in [0, 0.1) is 13.8 Å². The van der Waals surface area contributed by atoms with Crippen molar-refractivity contribution in [3.8, 4) is 5.69 Å². The Bertz CT molecular complexity index is 1040. The van der Waals surface area contributed by atoms with Crippen molar-refractivity contribution in [2.45, 2.75) is 13.8 Å². The van der Waals surface area contributed by atoms with Crippen LogP contribution < -0.4 is 10.9 Å². The molecule has 3 rings (SSSR count). The van der Waals surface area contributed by atoms with Crippen molar-refractivity contribution in [2.75, 3.05) is 5.43 Å². The van der Waals surface area contributed by atoms with Gasteiger partial charge in [-0.1, -0.05) is 53.0 Å². The molecular weight excluding hydrogens is 423 g/mol. The van der Waals surface area contributed by atoms with Gasteiger partial charge in [-0.2, -0.15) is 5.10 Å². The SMILES string of the molecule is Cc1nn(-c2ccccc2)c(C)c1C(=O)C(=O)NNc1c(Cl)cc(Cl)cc1Cl. The highest BCUT2D eigenvalue weighted by molar-refractivity contribution is 6.44. The fraction of sp³-hybridized carbons (Fsp3) is 0.105. The van der Waals surface area contributed by atoms with Crippen molar-refractivity contribution in [3.05, 3.63) is 74.5 Å². The Morgan fingerprint density at radius 1 is 1.00 bits per heavy atom. The molecule has 0 radical (unpaired) electrons. The van der Waals surface area contributed by atoms with E-state index in [0.717, 1.165) is 5.69 Å². The highest BCUT2D eigenvalue weighted by Gasteiger charge is 2.25. The van der Waals surface area contributed by atoms with E-state index in [2.05, 4.69) is 16.0 Å². The fourth-order valence-electron chi connectivity index (χ4n) is 2.74. The molecular formula is C19H15Cl3N4O2. The quantitative estimate of drug-likeness (QED) is 0.342. The van der Waals surface area contributed by atoms with Crippen LogP contribution in [0.15, 0.2) is 42.5 Å². The minimum Gasteiger partial charge on any atom is -0.295 e. The van der Waals surface area contributed by atoms with E-state index in [4.69, 9.17) is 34.8 Å². The summed E-state index contributed by atoms with van der Waals surface area (Å²) in [5.74, 6) is -1.60. The molecule has 3 aromatic rings. The normalized spacial score (nSPS) is 10.6. The van der Waals surface area contributed by atoms with Crippen molar-refractivity contribution in [1.82, 2.24) is 15.2 Å². The number of nitrogens with zero attached hydrogens (tertiary/aromatic N) is 2. The number of Topliss-reactive ketones (excluding diaryl/α,β-unsaturated/α-hetero) is 1. The Morgan fingerprint density at radius 2 is 1.61 bits per heavy atom. The second-order valence-electron chi connectivity index (χ2n) is 5.95. The van der Waals surface area contributed by atoms with Gasteiger partial charge in [0.1, 0.15) is 0 Å². The lowest BCUT2D eigenvalue weighted by molar-refractivity contribution is -0.116. The highest BCUT2D eigenvalue weighted by Crippen LogP contribution is 2.33. The topological polar surface area (TPSA) is 76.0 Å². The van der Waals surface area contributed by atoms with Gasteiger partial charge in [0.2, 0.25) is 0 Å².